The normalized spacial score (nSPS) is 13.0. The number of fused-ring (bicyclic) bond motifs is 1. The highest BCUT2D eigenvalue weighted by Crippen LogP contribution is 2.44. The lowest BCUT2D eigenvalue weighted by Crippen LogP contribution is -2.06. The maximum Gasteiger partial charge on any atom is 0.158 e. The van der Waals surface area contributed by atoms with Crippen LogP contribution in [0.2, 0.25) is 0 Å². The maximum absolute atomic E-state index is 9.51. The predicted molar refractivity (Wildman–Crippen MR) is 125 cm³/mol. The molecule has 2 rings (SSSR count). The van der Waals surface area contributed by atoms with Crippen molar-refractivity contribution in [1.29, 1.82) is 21.0 Å². The number of benzene rings is 1. The van der Waals surface area contributed by atoms with Crippen molar-refractivity contribution in [2.75, 3.05) is 5.32 Å². The summed E-state index contributed by atoms with van der Waals surface area (Å²) in [4.78, 5) is 13.3. The molecule has 8 heteroatoms. The zero-order valence-electron chi connectivity index (χ0n) is 18.3. The van der Waals surface area contributed by atoms with Gasteiger partial charge in [0.15, 0.2) is 11.4 Å². The standard InChI is InChI=1S/C24H20N8/c1-7-19-17(6)29-12-18-15(4)23(31-20(10-27)13(2)8-25)24(16(5)22(18)30-19)32-21(11-28)14(3)9-26/h12,30H,2-3,7H2,1,4-6H3. The van der Waals surface area contributed by atoms with E-state index < -0.39 is 0 Å². The summed E-state index contributed by atoms with van der Waals surface area (Å²) in [6, 6.07) is 7.41. The molecule has 32 heavy (non-hydrogen) atoms. The summed E-state index contributed by atoms with van der Waals surface area (Å²) in [6.45, 7) is 14.6. The van der Waals surface area contributed by atoms with Gasteiger partial charge in [-0.1, -0.05) is 20.1 Å². The van der Waals surface area contributed by atoms with Crippen molar-refractivity contribution in [3.63, 3.8) is 0 Å². The van der Waals surface area contributed by atoms with E-state index >= 15 is 0 Å². The molecule has 0 bridgehead atoms. The Hall–Kier alpha value is -4.79. The minimum atomic E-state index is -0.175. The van der Waals surface area contributed by atoms with Crippen LogP contribution in [0.4, 0.5) is 17.1 Å². The van der Waals surface area contributed by atoms with Gasteiger partial charge < -0.3 is 5.32 Å². The molecule has 0 unspecified atom stereocenters. The minimum absolute atomic E-state index is 0.101. The smallest absolute Gasteiger partial charge is 0.158 e. The second-order valence-corrected chi connectivity index (χ2v) is 6.86. The Balaban J connectivity index is 3.03. The zero-order chi connectivity index (χ0) is 24.0. The average molecular weight is 420 g/mol. The largest absolute Gasteiger partial charge is 0.357 e. The molecule has 0 radical (unpaired) electrons. The van der Waals surface area contributed by atoms with Gasteiger partial charge in [0.2, 0.25) is 0 Å². The molecule has 0 saturated heterocycles. The van der Waals surface area contributed by atoms with E-state index in [1.165, 1.54) is 0 Å². The van der Waals surface area contributed by atoms with Crippen LogP contribution in [0.1, 0.15) is 37.0 Å². The van der Waals surface area contributed by atoms with Crippen LogP contribution in [-0.4, -0.2) is 17.6 Å². The fourth-order valence-electron chi connectivity index (χ4n) is 3.06. The highest BCUT2D eigenvalue weighted by molar-refractivity contribution is 6.17. The molecule has 1 aliphatic heterocycles. The number of aliphatic imine (C=N–C) groups is 3. The van der Waals surface area contributed by atoms with Crippen LogP contribution in [0.3, 0.4) is 0 Å². The fourth-order valence-corrected chi connectivity index (χ4v) is 3.06. The van der Waals surface area contributed by atoms with Gasteiger partial charge in [-0.05, 0) is 32.8 Å². The Labute approximate surface area is 187 Å². The first-order valence-electron chi connectivity index (χ1n) is 9.58. The van der Waals surface area contributed by atoms with E-state index in [4.69, 9.17) is 0 Å². The topological polar surface area (TPSA) is 144 Å². The molecule has 1 aromatic carbocycles. The van der Waals surface area contributed by atoms with E-state index in [0.717, 1.165) is 29.1 Å². The molecule has 1 N–H and O–H groups in total. The highest BCUT2D eigenvalue weighted by atomic mass is 15.0. The molecule has 1 aromatic rings. The SMILES string of the molecule is C=C(C#N)C(C#N)=Nc1c(C)c2c(c(C)c1N=C(C#N)C(=C)C#N)NC(CC)=C(C)N=C2. The van der Waals surface area contributed by atoms with Crippen LogP contribution in [0.25, 0.3) is 0 Å². The van der Waals surface area contributed by atoms with Crippen molar-refractivity contribution < 1.29 is 0 Å². The Kier molecular flexibility index (Phi) is 7.20. The average Bonchev–Trinajstić information content (AvgIpc) is 2.97. The summed E-state index contributed by atoms with van der Waals surface area (Å²) < 4.78 is 0. The number of nitrogens with zero attached hydrogens (tertiary/aromatic N) is 7. The van der Waals surface area contributed by atoms with Crippen molar-refractivity contribution in [2.24, 2.45) is 15.0 Å². The Morgan fingerprint density at radius 1 is 0.906 bits per heavy atom. The minimum Gasteiger partial charge on any atom is -0.357 e. The lowest BCUT2D eigenvalue weighted by atomic mass is 9.97. The number of nitrogens with one attached hydrogen (secondary N) is 1. The van der Waals surface area contributed by atoms with Gasteiger partial charge in [-0.2, -0.15) is 21.0 Å². The molecule has 0 amide bonds. The highest BCUT2D eigenvalue weighted by Gasteiger charge is 2.23. The van der Waals surface area contributed by atoms with Crippen LogP contribution in [0, 0.1) is 59.2 Å². The molecule has 1 aliphatic rings. The molecule has 0 aromatic heterocycles. The van der Waals surface area contributed by atoms with E-state index in [2.05, 4.69) is 33.5 Å². The van der Waals surface area contributed by atoms with Gasteiger partial charge in [0.25, 0.3) is 0 Å². The van der Waals surface area contributed by atoms with Crippen LogP contribution in [0.15, 0.2) is 50.7 Å². The molecule has 1 heterocycles. The van der Waals surface area contributed by atoms with Crippen LogP contribution in [-0.2, 0) is 0 Å². The van der Waals surface area contributed by atoms with E-state index in [1.54, 1.807) is 20.1 Å². The fraction of sp³-hybridized carbons (Fsp3) is 0.208. The molecule has 0 saturated carbocycles. The van der Waals surface area contributed by atoms with Crippen molar-refractivity contribution in [3.8, 4) is 24.3 Å². The molecule has 8 nitrogen and oxygen atoms in total. The molecular formula is C24H20N8. The lowest BCUT2D eigenvalue weighted by Gasteiger charge is -2.19. The van der Waals surface area contributed by atoms with Gasteiger partial charge in [0.1, 0.15) is 24.3 Å². The summed E-state index contributed by atoms with van der Waals surface area (Å²) >= 11 is 0. The summed E-state index contributed by atoms with van der Waals surface area (Å²) in [5, 5.41) is 40.8. The first kappa shape index (κ1) is 23.5. The number of allylic oxidation sites excluding steroid dienone is 4. The van der Waals surface area contributed by atoms with E-state index in [0.29, 0.717) is 11.1 Å². The van der Waals surface area contributed by atoms with Gasteiger partial charge in [-0.25, -0.2) is 9.98 Å². The zero-order valence-corrected chi connectivity index (χ0v) is 18.3. The van der Waals surface area contributed by atoms with Crippen molar-refractivity contribution in [2.45, 2.75) is 34.1 Å². The number of anilines is 1. The second kappa shape index (κ2) is 9.81. The third-order valence-corrected chi connectivity index (χ3v) is 4.94. The Morgan fingerprint density at radius 2 is 1.41 bits per heavy atom. The number of rotatable bonds is 5. The molecule has 0 aliphatic carbocycles. The molecule has 0 fully saturated rings. The molecular weight excluding hydrogens is 400 g/mol. The van der Waals surface area contributed by atoms with Crippen molar-refractivity contribution >= 4 is 34.7 Å². The lowest BCUT2D eigenvalue weighted by molar-refractivity contribution is 1.05. The van der Waals surface area contributed by atoms with Gasteiger partial charge in [-0.3, -0.25) is 4.99 Å². The Bertz CT molecular complexity index is 1320. The van der Waals surface area contributed by atoms with Crippen molar-refractivity contribution in [1.82, 2.24) is 0 Å². The first-order valence-corrected chi connectivity index (χ1v) is 9.58. The monoisotopic (exact) mass is 420 g/mol. The first-order chi connectivity index (χ1) is 15.2. The summed E-state index contributed by atoms with van der Waals surface area (Å²) in [5.41, 5.74) is 4.48. The summed E-state index contributed by atoms with van der Waals surface area (Å²) in [7, 11) is 0. The number of nitriles is 4. The quantitative estimate of drug-likeness (QED) is 0.518. The van der Waals surface area contributed by atoms with Crippen LogP contribution in [0.5, 0.6) is 0 Å². The number of hydrogen-bond acceptors (Lipinski definition) is 8. The third kappa shape index (κ3) is 4.36. The third-order valence-electron chi connectivity index (χ3n) is 4.94. The molecule has 0 spiro atoms. The van der Waals surface area contributed by atoms with Crippen LogP contribution >= 0.6 is 0 Å². The van der Waals surface area contributed by atoms with Crippen molar-refractivity contribution in [3.05, 3.63) is 52.4 Å². The van der Waals surface area contributed by atoms with E-state index in [1.807, 2.05) is 38.1 Å². The summed E-state index contributed by atoms with van der Waals surface area (Å²) in [5.74, 6) is 0. The maximum atomic E-state index is 9.51. The van der Waals surface area contributed by atoms with Gasteiger partial charge in [0, 0.05) is 23.0 Å². The second-order valence-electron chi connectivity index (χ2n) is 6.86. The molecule has 156 valence electrons. The predicted octanol–water partition coefficient (Wildman–Crippen LogP) is 5.14. The summed E-state index contributed by atoms with van der Waals surface area (Å²) in [6.07, 6.45) is 2.43. The van der Waals surface area contributed by atoms with E-state index in [-0.39, 0.29) is 33.9 Å². The van der Waals surface area contributed by atoms with Crippen LogP contribution < -0.4 is 5.32 Å². The van der Waals surface area contributed by atoms with E-state index in [9.17, 15) is 21.0 Å². The Morgan fingerprint density at radius 3 is 1.84 bits per heavy atom. The number of hydrogen-bond donors (Lipinski definition) is 1. The van der Waals surface area contributed by atoms with Gasteiger partial charge >= 0.3 is 0 Å². The van der Waals surface area contributed by atoms with Gasteiger partial charge in [-0.15, -0.1) is 0 Å². The molecule has 0 atom stereocenters. The van der Waals surface area contributed by atoms with Gasteiger partial charge in [0.05, 0.1) is 33.9 Å².